The number of hydrogen-bond acceptors (Lipinski definition) is 5. The Morgan fingerprint density at radius 3 is 2.29 bits per heavy atom. The molecule has 0 aliphatic rings. The fourth-order valence-corrected chi connectivity index (χ4v) is 3.28. The van der Waals surface area contributed by atoms with Crippen molar-refractivity contribution in [3.8, 4) is 17.2 Å². The van der Waals surface area contributed by atoms with E-state index in [1.54, 1.807) is 36.4 Å². The Balaban J connectivity index is 2.16. The fourth-order valence-electron chi connectivity index (χ4n) is 2.99. The number of carbonyl (C=O) groups is 3. The maximum Gasteiger partial charge on any atom is 0.337 e. The number of hydrogen-bond donors (Lipinski definition) is 2. The van der Waals surface area contributed by atoms with Crippen molar-refractivity contribution in [1.29, 1.82) is 5.26 Å². The SMILES string of the molecule is COC(=O)c1ccc(-c2ccc(C(=O)NC(CC(C)C)C(=O)NCC#N)cc2)c(Cl)c1. The molecule has 0 radical (unpaired) electrons. The summed E-state index contributed by atoms with van der Waals surface area (Å²) >= 11 is 6.31. The third kappa shape index (κ3) is 6.56. The lowest BCUT2D eigenvalue weighted by Crippen LogP contribution is -2.47. The number of rotatable bonds is 8. The molecule has 0 bridgehead atoms. The molecule has 7 nitrogen and oxygen atoms in total. The van der Waals surface area contributed by atoms with Crippen LogP contribution in [0.4, 0.5) is 0 Å². The molecule has 8 heteroatoms. The van der Waals surface area contributed by atoms with Crippen molar-refractivity contribution < 1.29 is 19.1 Å². The van der Waals surface area contributed by atoms with Gasteiger partial charge in [-0.05, 0) is 42.2 Å². The standard InChI is InChI=1S/C23H24ClN3O4/c1-14(2)12-20(22(29)26-11-10-25)27-21(28)16-6-4-15(5-7-16)18-9-8-17(13-19(18)24)23(30)31-3/h4-9,13-14,20H,11-12H2,1-3H3,(H,26,29)(H,27,28). The van der Waals surface area contributed by atoms with E-state index in [4.69, 9.17) is 16.9 Å². The lowest BCUT2D eigenvalue weighted by Gasteiger charge is -2.19. The van der Waals surface area contributed by atoms with Gasteiger partial charge in [0.05, 0.1) is 18.7 Å². The number of ether oxygens (including phenoxy) is 1. The van der Waals surface area contributed by atoms with E-state index in [1.807, 2.05) is 19.9 Å². The first kappa shape index (κ1) is 23.9. The molecule has 0 spiro atoms. The maximum atomic E-state index is 12.6. The molecule has 2 aromatic carbocycles. The molecule has 0 saturated carbocycles. The molecule has 0 heterocycles. The van der Waals surface area contributed by atoms with Gasteiger partial charge in [0.1, 0.15) is 12.6 Å². The molecule has 0 aromatic heterocycles. The number of esters is 1. The van der Waals surface area contributed by atoms with Crippen LogP contribution in [-0.4, -0.2) is 37.5 Å². The summed E-state index contributed by atoms with van der Waals surface area (Å²) in [5, 5.41) is 14.2. The van der Waals surface area contributed by atoms with E-state index in [0.717, 1.165) is 5.56 Å². The van der Waals surface area contributed by atoms with Gasteiger partial charge in [0, 0.05) is 16.1 Å². The Labute approximate surface area is 186 Å². The van der Waals surface area contributed by atoms with Crippen LogP contribution in [0.5, 0.6) is 0 Å². The van der Waals surface area contributed by atoms with Gasteiger partial charge in [-0.15, -0.1) is 0 Å². The molecule has 1 unspecified atom stereocenters. The molecule has 0 saturated heterocycles. The van der Waals surface area contributed by atoms with Crippen LogP contribution in [0.3, 0.4) is 0 Å². The topological polar surface area (TPSA) is 108 Å². The first-order valence-electron chi connectivity index (χ1n) is 9.70. The third-order valence-corrected chi connectivity index (χ3v) is 4.83. The second-order valence-corrected chi connectivity index (χ2v) is 7.70. The second-order valence-electron chi connectivity index (χ2n) is 7.30. The zero-order valence-corrected chi connectivity index (χ0v) is 18.3. The first-order chi connectivity index (χ1) is 14.8. The van der Waals surface area contributed by atoms with E-state index in [9.17, 15) is 14.4 Å². The predicted molar refractivity (Wildman–Crippen MR) is 118 cm³/mol. The summed E-state index contributed by atoms with van der Waals surface area (Å²) in [5.74, 6) is -1.08. The zero-order valence-electron chi connectivity index (χ0n) is 17.6. The van der Waals surface area contributed by atoms with Crippen molar-refractivity contribution >= 4 is 29.4 Å². The van der Waals surface area contributed by atoms with Crippen LogP contribution in [0.1, 0.15) is 41.0 Å². The van der Waals surface area contributed by atoms with Crippen LogP contribution >= 0.6 is 11.6 Å². The smallest absolute Gasteiger partial charge is 0.337 e. The highest BCUT2D eigenvalue weighted by Crippen LogP contribution is 2.29. The number of nitriles is 1. The molecule has 1 atom stereocenters. The lowest BCUT2D eigenvalue weighted by molar-refractivity contribution is -0.123. The average molecular weight is 442 g/mol. The normalized spacial score (nSPS) is 11.4. The summed E-state index contributed by atoms with van der Waals surface area (Å²) in [7, 11) is 1.30. The van der Waals surface area contributed by atoms with Gasteiger partial charge in [0.25, 0.3) is 5.91 Å². The monoisotopic (exact) mass is 441 g/mol. The predicted octanol–water partition coefficient (Wildman–Crippen LogP) is 3.58. The van der Waals surface area contributed by atoms with Crippen molar-refractivity contribution in [1.82, 2.24) is 10.6 Å². The molecule has 2 rings (SSSR count). The Morgan fingerprint density at radius 2 is 1.74 bits per heavy atom. The number of amides is 2. The van der Waals surface area contributed by atoms with Gasteiger partial charge in [-0.2, -0.15) is 5.26 Å². The molecule has 2 amide bonds. The van der Waals surface area contributed by atoms with E-state index in [1.165, 1.54) is 13.2 Å². The molecule has 0 aliphatic heterocycles. The third-order valence-electron chi connectivity index (χ3n) is 4.52. The van der Waals surface area contributed by atoms with Gasteiger partial charge in [0.15, 0.2) is 0 Å². The minimum atomic E-state index is -0.735. The van der Waals surface area contributed by atoms with Gasteiger partial charge >= 0.3 is 5.97 Å². The highest BCUT2D eigenvalue weighted by atomic mass is 35.5. The Bertz CT molecular complexity index is 997. The molecule has 2 aromatic rings. The molecule has 0 aliphatic carbocycles. The highest BCUT2D eigenvalue weighted by molar-refractivity contribution is 6.33. The van der Waals surface area contributed by atoms with Crippen molar-refractivity contribution in [2.45, 2.75) is 26.3 Å². The quantitative estimate of drug-likeness (QED) is 0.480. The number of carbonyl (C=O) groups excluding carboxylic acids is 3. The Kier molecular flexibility index (Phi) is 8.59. The van der Waals surface area contributed by atoms with Gasteiger partial charge in [0.2, 0.25) is 5.91 Å². The number of halogens is 1. The highest BCUT2D eigenvalue weighted by Gasteiger charge is 2.22. The molecular weight excluding hydrogens is 418 g/mol. The van der Waals surface area contributed by atoms with Crippen LogP contribution in [0, 0.1) is 17.2 Å². The fraction of sp³-hybridized carbons (Fsp3) is 0.304. The van der Waals surface area contributed by atoms with Gasteiger partial charge < -0.3 is 15.4 Å². The molecule has 2 N–H and O–H groups in total. The summed E-state index contributed by atoms with van der Waals surface area (Å²) in [6.07, 6.45) is 0.448. The number of nitrogens with one attached hydrogen (secondary N) is 2. The zero-order chi connectivity index (χ0) is 23.0. The average Bonchev–Trinajstić information content (AvgIpc) is 2.76. The van der Waals surface area contributed by atoms with Gasteiger partial charge in [-0.3, -0.25) is 9.59 Å². The second kappa shape index (κ2) is 11.1. The summed E-state index contributed by atoms with van der Waals surface area (Å²) < 4.78 is 4.69. The van der Waals surface area contributed by atoms with E-state index < -0.39 is 23.8 Å². The molecule has 162 valence electrons. The number of methoxy groups -OCH3 is 1. The van der Waals surface area contributed by atoms with E-state index >= 15 is 0 Å². The summed E-state index contributed by atoms with van der Waals surface area (Å²) in [4.78, 5) is 36.5. The van der Waals surface area contributed by atoms with Crippen molar-refractivity contribution in [2.24, 2.45) is 5.92 Å². The summed E-state index contributed by atoms with van der Waals surface area (Å²) in [5.41, 5.74) is 2.20. The lowest BCUT2D eigenvalue weighted by atomic mass is 10.0. The molecule has 31 heavy (non-hydrogen) atoms. The van der Waals surface area contributed by atoms with Gasteiger partial charge in [-0.25, -0.2) is 4.79 Å². The minimum absolute atomic E-state index is 0.118. The number of nitrogens with zero attached hydrogens (tertiary/aromatic N) is 1. The summed E-state index contributed by atoms with van der Waals surface area (Å²) in [6, 6.07) is 12.7. The first-order valence-corrected chi connectivity index (χ1v) is 10.1. The van der Waals surface area contributed by atoms with Crippen LogP contribution in [0.25, 0.3) is 11.1 Å². The Morgan fingerprint density at radius 1 is 1.10 bits per heavy atom. The van der Waals surface area contributed by atoms with E-state index in [2.05, 4.69) is 15.4 Å². The Hall–Kier alpha value is -3.37. The van der Waals surface area contributed by atoms with Crippen LogP contribution in [-0.2, 0) is 9.53 Å². The maximum absolute atomic E-state index is 12.6. The molecule has 0 fully saturated rings. The van der Waals surface area contributed by atoms with Crippen molar-refractivity contribution in [2.75, 3.05) is 13.7 Å². The number of benzene rings is 2. The van der Waals surface area contributed by atoms with Crippen molar-refractivity contribution in [3.63, 3.8) is 0 Å². The van der Waals surface area contributed by atoms with Crippen LogP contribution < -0.4 is 10.6 Å². The van der Waals surface area contributed by atoms with Crippen LogP contribution in [0.2, 0.25) is 5.02 Å². The van der Waals surface area contributed by atoms with Gasteiger partial charge in [-0.1, -0.05) is 43.6 Å². The van der Waals surface area contributed by atoms with E-state index in [-0.39, 0.29) is 12.5 Å². The van der Waals surface area contributed by atoms with Crippen molar-refractivity contribution in [3.05, 3.63) is 58.6 Å². The minimum Gasteiger partial charge on any atom is -0.465 e. The summed E-state index contributed by atoms with van der Waals surface area (Å²) in [6.45, 7) is 3.77. The largest absolute Gasteiger partial charge is 0.465 e. The van der Waals surface area contributed by atoms with E-state index in [0.29, 0.717) is 28.1 Å². The molecular formula is C23H24ClN3O4. The van der Waals surface area contributed by atoms with Crippen LogP contribution in [0.15, 0.2) is 42.5 Å².